The lowest BCUT2D eigenvalue weighted by atomic mass is 10.2. The fourth-order valence-electron chi connectivity index (χ4n) is 2.63. The van der Waals surface area contributed by atoms with Crippen molar-refractivity contribution >= 4 is 17.5 Å². The Bertz CT molecular complexity index is 744. The number of amides is 2. The molecule has 2 amide bonds. The lowest BCUT2D eigenvalue weighted by Crippen LogP contribution is -3.08. The summed E-state index contributed by atoms with van der Waals surface area (Å²) in [5, 5.41) is 5.60. The molecule has 0 heterocycles. The molecule has 2 aromatic carbocycles. The molecule has 1 atom stereocenters. The van der Waals surface area contributed by atoms with Crippen LogP contribution in [0.25, 0.3) is 0 Å². The van der Waals surface area contributed by atoms with Crippen molar-refractivity contribution in [1.82, 2.24) is 5.32 Å². The van der Waals surface area contributed by atoms with Crippen LogP contribution >= 0.6 is 0 Å². The number of rotatable bonds is 8. The van der Waals surface area contributed by atoms with E-state index in [0.717, 1.165) is 22.8 Å². The van der Waals surface area contributed by atoms with E-state index in [9.17, 15) is 9.59 Å². The number of nitrogens with one attached hydrogen (secondary N) is 3. The summed E-state index contributed by atoms with van der Waals surface area (Å²) in [7, 11) is 3.60. The maximum Gasteiger partial charge on any atom is 0.279 e. The smallest absolute Gasteiger partial charge is 0.279 e. The SMILES string of the molecule is CCNC(=O)c1cccc(NC(=O)C[NH+](C)Cc2ccc(OC)cc2)c1. The van der Waals surface area contributed by atoms with Crippen LogP contribution in [-0.4, -0.2) is 39.1 Å². The minimum atomic E-state index is -0.147. The number of carbonyl (C=O) groups is 2. The van der Waals surface area contributed by atoms with Gasteiger partial charge in [-0.3, -0.25) is 9.59 Å². The standard InChI is InChI=1S/C20H25N3O3/c1-4-21-20(25)16-6-5-7-17(12-16)22-19(24)14-23(2)13-15-8-10-18(26-3)11-9-15/h5-12H,4,13-14H2,1-3H3,(H,21,25)(H,22,24)/p+1. The second kappa shape index (κ2) is 9.58. The first-order valence-electron chi connectivity index (χ1n) is 8.64. The molecule has 6 heteroatoms. The van der Waals surface area contributed by atoms with E-state index in [2.05, 4.69) is 10.6 Å². The van der Waals surface area contributed by atoms with E-state index in [0.29, 0.717) is 24.3 Å². The zero-order valence-corrected chi connectivity index (χ0v) is 15.5. The van der Waals surface area contributed by atoms with Crippen LogP contribution in [-0.2, 0) is 11.3 Å². The van der Waals surface area contributed by atoms with Gasteiger partial charge in [0.2, 0.25) is 0 Å². The van der Waals surface area contributed by atoms with E-state index >= 15 is 0 Å². The first kappa shape index (κ1) is 19.5. The minimum Gasteiger partial charge on any atom is -0.497 e. The van der Waals surface area contributed by atoms with Crippen molar-refractivity contribution < 1.29 is 19.2 Å². The topological polar surface area (TPSA) is 71.9 Å². The summed E-state index contributed by atoms with van der Waals surface area (Å²) in [5.74, 6) is 0.575. The summed E-state index contributed by atoms with van der Waals surface area (Å²) in [4.78, 5) is 25.2. The summed E-state index contributed by atoms with van der Waals surface area (Å²) in [6, 6.07) is 14.8. The zero-order valence-electron chi connectivity index (χ0n) is 15.5. The fraction of sp³-hybridized carbons (Fsp3) is 0.300. The monoisotopic (exact) mass is 356 g/mol. The molecule has 6 nitrogen and oxygen atoms in total. The Hall–Kier alpha value is -2.86. The summed E-state index contributed by atoms with van der Waals surface area (Å²) >= 11 is 0. The third kappa shape index (κ3) is 5.89. The summed E-state index contributed by atoms with van der Waals surface area (Å²) in [5.41, 5.74) is 2.29. The molecule has 26 heavy (non-hydrogen) atoms. The Morgan fingerprint density at radius 2 is 1.85 bits per heavy atom. The Kier molecular flexibility index (Phi) is 7.17. The van der Waals surface area contributed by atoms with Crippen LogP contribution < -0.4 is 20.3 Å². The van der Waals surface area contributed by atoms with Gasteiger partial charge in [-0.05, 0) is 49.4 Å². The van der Waals surface area contributed by atoms with Gasteiger partial charge in [0.05, 0.1) is 14.2 Å². The highest BCUT2D eigenvalue weighted by Gasteiger charge is 2.12. The van der Waals surface area contributed by atoms with Crippen molar-refractivity contribution in [1.29, 1.82) is 0 Å². The minimum absolute atomic E-state index is 0.0935. The molecule has 0 bridgehead atoms. The quantitative estimate of drug-likeness (QED) is 0.663. The van der Waals surface area contributed by atoms with E-state index in [1.807, 2.05) is 38.2 Å². The van der Waals surface area contributed by atoms with Crippen LogP contribution in [0, 0.1) is 0 Å². The van der Waals surface area contributed by atoms with Gasteiger partial charge >= 0.3 is 0 Å². The van der Waals surface area contributed by atoms with Gasteiger partial charge < -0.3 is 20.3 Å². The van der Waals surface area contributed by atoms with Crippen LogP contribution in [0.5, 0.6) is 5.75 Å². The molecule has 0 spiro atoms. The maximum absolute atomic E-state index is 12.3. The van der Waals surface area contributed by atoms with Gasteiger partial charge in [0.25, 0.3) is 11.8 Å². The molecule has 2 aromatic rings. The number of likely N-dealkylation sites (N-methyl/N-ethyl adjacent to an activating group) is 1. The molecule has 0 saturated heterocycles. The van der Waals surface area contributed by atoms with Crippen molar-refractivity contribution in [3.8, 4) is 5.75 Å². The van der Waals surface area contributed by atoms with Crippen molar-refractivity contribution in [2.24, 2.45) is 0 Å². The van der Waals surface area contributed by atoms with Gasteiger partial charge in [-0.25, -0.2) is 0 Å². The van der Waals surface area contributed by atoms with E-state index in [-0.39, 0.29) is 11.8 Å². The molecule has 0 aliphatic rings. The average molecular weight is 356 g/mol. The number of quaternary nitrogens is 1. The normalized spacial score (nSPS) is 11.5. The van der Waals surface area contributed by atoms with Crippen molar-refractivity contribution in [3.63, 3.8) is 0 Å². The Balaban J connectivity index is 1.89. The molecule has 138 valence electrons. The largest absolute Gasteiger partial charge is 0.497 e. The number of carbonyl (C=O) groups excluding carboxylic acids is 2. The Labute approximate surface area is 154 Å². The first-order chi connectivity index (χ1) is 12.5. The molecule has 0 aliphatic heterocycles. The maximum atomic E-state index is 12.3. The van der Waals surface area contributed by atoms with Crippen molar-refractivity contribution in [2.45, 2.75) is 13.5 Å². The molecule has 0 fully saturated rings. The molecule has 2 rings (SSSR count). The lowest BCUT2D eigenvalue weighted by molar-refractivity contribution is -0.885. The predicted octanol–water partition coefficient (Wildman–Crippen LogP) is 1.10. The van der Waals surface area contributed by atoms with E-state index in [1.165, 1.54) is 0 Å². The molecule has 0 radical (unpaired) electrons. The second-order valence-corrected chi connectivity index (χ2v) is 6.15. The number of benzene rings is 2. The van der Waals surface area contributed by atoms with Gasteiger partial charge in [0.15, 0.2) is 6.54 Å². The molecule has 0 aliphatic carbocycles. The highest BCUT2D eigenvalue weighted by atomic mass is 16.5. The number of hydrogen-bond donors (Lipinski definition) is 3. The predicted molar refractivity (Wildman–Crippen MR) is 102 cm³/mol. The summed E-state index contributed by atoms with van der Waals surface area (Å²) < 4.78 is 5.15. The van der Waals surface area contributed by atoms with Crippen LogP contribution in [0.2, 0.25) is 0 Å². The number of anilines is 1. The summed E-state index contributed by atoms with van der Waals surface area (Å²) in [6.07, 6.45) is 0. The average Bonchev–Trinajstić information content (AvgIpc) is 2.62. The van der Waals surface area contributed by atoms with E-state index in [1.54, 1.807) is 31.4 Å². The summed E-state index contributed by atoms with van der Waals surface area (Å²) in [6.45, 7) is 3.49. The number of methoxy groups -OCH3 is 1. The van der Waals surface area contributed by atoms with E-state index < -0.39 is 0 Å². The third-order valence-electron chi connectivity index (χ3n) is 3.87. The highest BCUT2D eigenvalue weighted by Crippen LogP contribution is 2.11. The highest BCUT2D eigenvalue weighted by molar-refractivity contribution is 5.97. The van der Waals surface area contributed by atoms with Gasteiger partial charge in [-0.15, -0.1) is 0 Å². The zero-order chi connectivity index (χ0) is 18.9. The first-order valence-corrected chi connectivity index (χ1v) is 8.64. The molecule has 1 unspecified atom stereocenters. The molecular formula is C20H26N3O3+. The van der Waals surface area contributed by atoms with Gasteiger partial charge in [-0.2, -0.15) is 0 Å². The molecule has 3 N–H and O–H groups in total. The van der Waals surface area contributed by atoms with Crippen molar-refractivity contribution in [3.05, 3.63) is 59.7 Å². The van der Waals surface area contributed by atoms with E-state index in [4.69, 9.17) is 4.74 Å². The Morgan fingerprint density at radius 3 is 2.50 bits per heavy atom. The molecular weight excluding hydrogens is 330 g/mol. The van der Waals surface area contributed by atoms with Gasteiger partial charge in [-0.1, -0.05) is 6.07 Å². The van der Waals surface area contributed by atoms with Crippen LogP contribution in [0.3, 0.4) is 0 Å². The van der Waals surface area contributed by atoms with Crippen LogP contribution in [0.15, 0.2) is 48.5 Å². The van der Waals surface area contributed by atoms with Crippen LogP contribution in [0.1, 0.15) is 22.8 Å². The lowest BCUT2D eigenvalue weighted by Gasteiger charge is -2.14. The van der Waals surface area contributed by atoms with Gasteiger partial charge in [0.1, 0.15) is 12.3 Å². The number of ether oxygens (including phenoxy) is 1. The molecule has 0 aromatic heterocycles. The Morgan fingerprint density at radius 1 is 1.12 bits per heavy atom. The van der Waals surface area contributed by atoms with Gasteiger partial charge in [0, 0.05) is 23.4 Å². The second-order valence-electron chi connectivity index (χ2n) is 6.15. The number of hydrogen-bond acceptors (Lipinski definition) is 3. The third-order valence-corrected chi connectivity index (χ3v) is 3.87. The van der Waals surface area contributed by atoms with Crippen LogP contribution in [0.4, 0.5) is 5.69 Å². The molecule has 0 saturated carbocycles. The van der Waals surface area contributed by atoms with Crippen molar-refractivity contribution in [2.75, 3.05) is 32.6 Å². The fourth-order valence-corrected chi connectivity index (χ4v) is 2.63.